The molecule has 0 unspecified atom stereocenters. The number of hydrogen-bond donors (Lipinski definition) is 6. The maximum Gasteiger partial charge on any atom is 0.356 e. The van der Waals surface area contributed by atoms with E-state index in [9.17, 15) is 43.1 Å². The molecule has 0 fully saturated rings. The Morgan fingerprint density at radius 1 is 0.524 bits per heavy atom. The van der Waals surface area contributed by atoms with Crippen molar-refractivity contribution in [2.45, 2.75) is 20.8 Å². The van der Waals surface area contributed by atoms with Crippen molar-refractivity contribution in [3.05, 3.63) is 16.7 Å². The van der Waals surface area contributed by atoms with E-state index in [2.05, 4.69) is 0 Å². The monoisotopic (exact) mass is 360 g/mol. The van der Waals surface area contributed by atoms with Crippen molar-refractivity contribution < 1.29 is 43.1 Å². The minimum absolute atomic E-state index is 0.371. The van der Waals surface area contributed by atoms with Gasteiger partial charge in [-0.25, -0.2) is 0 Å². The first-order chi connectivity index (χ1) is 9.10. The molecule has 9 nitrogen and oxygen atoms in total. The fourth-order valence-corrected chi connectivity index (χ4v) is 6.05. The van der Waals surface area contributed by atoms with Crippen molar-refractivity contribution in [2.24, 2.45) is 0 Å². The number of benzene rings is 1. The Kier molecular flexibility index (Phi) is 4.80. The Hall–Kier alpha value is -0.330. The Morgan fingerprint density at radius 3 is 0.762 bits per heavy atom. The largest absolute Gasteiger partial charge is 0.356 e. The molecule has 0 aliphatic carbocycles. The average Bonchev–Trinajstić information content (AvgIpc) is 2.07. The van der Waals surface area contributed by atoms with E-state index < -0.39 is 38.7 Å². The standard InChI is InChI=1S/C9H15O9P3/c1-4-7(19(10,11)12)5(2)9(21(16,17)18)6(3)8(4)20(13,14)15/h1-3H3,(H2,10,11,12)(H2,13,14,15)(H2,16,17,18). The molecule has 1 rings (SSSR count). The van der Waals surface area contributed by atoms with Gasteiger partial charge in [-0.15, -0.1) is 0 Å². The van der Waals surface area contributed by atoms with E-state index in [1.807, 2.05) is 0 Å². The van der Waals surface area contributed by atoms with Crippen LogP contribution < -0.4 is 15.9 Å². The molecule has 0 saturated carbocycles. The van der Waals surface area contributed by atoms with Crippen molar-refractivity contribution in [1.29, 1.82) is 0 Å². The maximum absolute atomic E-state index is 11.5. The molecule has 12 heteroatoms. The fourth-order valence-electron chi connectivity index (χ4n) is 2.49. The van der Waals surface area contributed by atoms with Gasteiger partial charge >= 0.3 is 22.8 Å². The van der Waals surface area contributed by atoms with Gasteiger partial charge in [-0.2, -0.15) is 0 Å². The summed E-state index contributed by atoms with van der Waals surface area (Å²) < 4.78 is 34.6. The van der Waals surface area contributed by atoms with Crippen molar-refractivity contribution in [3.8, 4) is 0 Å². The van der Waals surface area contributed by atoms with Crippen molar-refractivity contribution in [2.75, 3.05) is 0 Å². The van der Waals surface area contributed by atoms with Crippen LogP contribution in [0.3, 0.4) is 0 Å². The van der Waals surface area contributed by atoms with E-state index in [1.165, 1.54) is 0 Å². The number of rotatable bonds is 3. The summed E-state index contributed by atoms with van der Waals surface area (Å²) in [6.07, 6.45) is 0. The highest BCUT2D eigenvalue weighted by Gasteiger charge is 2.38. The topological polar surface area (TPSA) is 173 Å². The van der Waals surface area contributed by atoms with Crippen LogP contribution in [0.4, 0.5) is 0 Å². The lowest BCUT2D eigenvalue weighted by Crippen LogP contribution is -2.34. The molecule has 1 aromatic rings. The van der Waals surface area contributed by atoms with Gasteiger partial charge in [0, 0.05) is 0 Å². The summed E-state index contributed by atoms with van der Waals surface area (Å²) in [4.78, 5) is 56.0. The summed E-state index contributed by atoms with van der Waals surface area (Å²) in [5, 5.41) is -2.32. The minimum atomic E-state index is -4.99. The van der Waals surface area contributed by atoms with E-state index in [-0.39, 0.29) is 16.7 Å². The zero-order valence-electron chi connectivity index (χ0n) is 11.2. The molecule has 0 atom stereocenters. The fraction of sp³-hybridized carbons (Fsp3) is 0.333. The number of hydrogen-bond acceptors (Lipinski definition) is 3. The summed E-state index contributed by atoms with van der Waals surface area (Å²) in [7, 11) is -15.0. The normalized spacial score (nSPS) is 13.6. The van der Waals surface area contributed by atoms with Gasteiger partial charge in [-0.1, -0.05) is 0 Å². The van der Waals surface area contributed by atoms with Crippen LogP contribution in [0.25, 0.3) is 0 Å². The molecule has 120 valence electrons. The SMILES string of the molecule is Cc1c(P(=O)(O)O)c(C)c(P(=O)(O)O)c(C)c1P(=O)(O)O. The Bertz CT molecular complexity index is 614. The third-order valence-corrected chi connectivity index (χ3v) is 6.77. The van der Waals surface area contributed by atoms with Gasteiger partial charge < -0.3 is 29.4 Å². The van der Waals surface area contributed by atoms with E-state index in [1.54, 1.807) is 0 Å². The van der Waals surface area contributed by atoms with Crippen LogP contribution in [0, 0.1) is 20.8 Å². The highest BCUT2D eigenvalue weighted by molar-refractivity contribution is 7.64. The van der Waals surface area contributed by atoms with Crippen molar-refractivity contribution in [3.63, 3.8) is 0 Å². The van der Waals surface area contributed by atoms with Crippen LogP contribution in [-0.2, 0) is 13.7 Å². The molecule has 0 aliphatic rings. The second-order valence-corrected chi connectivity index (χ2v) is 9.16. The molecular weight excluding hydrogens is 345 g/mol. The third-order valence-electron chi connectivity index (χ3n) is 3.01. The van der Waals surface area contributed by atoms with Crippen LogP contribution in [0.5, 0.6) is 0 Å². The molecule has 0 radical (unpaired) electrons. The van der Waals surface area contributed by atoms with E-state index >= 15 is 0 Å². The predicted octanol–water partition coefficient (Wildman–Crippen LogP) is -0.979. The van der Waals surface area contributed by atoms with Crippen molar-refractivity contribution in [1.82, 2.24) is 0 Å². The zero-order valence-corrected chi connectivity index (χ0v) is 13.9. The van der Waals surface area contributed by atoms with E-state index in [4.69, 9.17) is 0 Å². The predicted molar refractivity (Wildman–Crippen MR) is 75.7 cm³/mol. The summed E-state index contributed by atoms with van der Waals surface area (Å²) in [5.74, 6) is 0. The third kappa shape index (κ3) is 3.54. The van der Waals surface area contributed by atoms with Crippen LogP contribution in [0.15, 0.2) is 0 Å². The Balaban J connectivity index is 4.19. The van der Waals surface area contributed by atoms with Gasteiger partial charge in [0.05, 0.1) is 15.9 Å². The zero-order chi connectivity index (χ0) is 17.0. The maximum atomic E-state index is 11.5. The van der Waals surface area contributed by atoms with Gasteiger partial charge in [0.2, 0.25) is 0 Å². The minimum Gasteiger partial charge on any atom is -0.321 e. The van der Waals surface area contributed by atoms with E-state index in [0.29, 0.717) is 0 Å². The van der Waals surface area contributed by atoms with Crippen LogP contribution >= 0.6 is 22.8 Å². The first-order valence-corrected chi connectivity index (χ1v) is 10.3. The average molecular weight is 360 g/mol. The first-order valence-electron chi connectivity index (χ1n) is 5.42. The molecule has 21 heavy (non-hydrogen) atoms. The lowest BCUT2D eigenvalue weighted by atomic mass is 10.1. The molecule has 0 saturated heterocycles. The van der Waals surface area contributed by atoms with Crippen LogP contribution in [-0.4, -0.2) is 29.4 Å². The Labute approximate surface area is 120 Å². The lowest BCUT2D eigenvalue weighted by molar-refractivity contribution is 0.386. The first kappa shape index (κ1) is 18.7. The van der Waals surface area contributed by atoms with Gasteiger partial charge in [0.15, 0.2) is 0 Å². The molecule has 0 bridgehead atoms. The molecule has 0 aliphatic heterocycles. The van der Waals surface area contributed by atoms with Gasteiger partial charge in [-0.05, 0) is 37.5 Å². The molecule has 0 amide bonds. The molecule has 1 aromatic carbocycles. The van der Waals surface area contributed by atoms with Gasteiger partial charge in [-0.3, -0.25) is 13.7 Å². The molecule has 6 N–H and O–H groups in total. The summed E-state index contributed by atoms with van der Waals surface area (Å²) in [6, 6.07) is 0. The summed E-state index contributed by atoms with van der Waals surface area (Å²) in [6.45, 7) is 3.27. The molecule has 0 spiro atoms. The second kappa shape index (κ2) is 5.39. The quantitative estimate of drug-likeness (QED) is 0.370. The van der Waals surface area contributed by atoms with Crippen LogP contribution in [0.1, 0.15) is 16.7 Å². The van der Waals surface area contributed by atoms with Crippen LogP contribution in [0.2, 0.25) is 0 Å². The van der Waals surface area contributed by atoms with Crippen molar-refractivity contribution >= 4 is 38.7 Å². The highest BCUT2D eigenvalue weighted by atomic mass is 31.2. The van der Waals surface area contributed by atoms with E-state index in [0.717, 1.165) is 20.8 Å². The summed E-state index contributed by atoms with van der Waals surface area (Å²) >= 11 is 0. The molecular formula is C9H15O9P3. The molecule has 0 heterocycles. The summed E-state index contributed by atoms with van der Waals surface area (Å²) in [5.41, 5.74) is -1.11. The smallest absolute Gasteiger partial charge is 0.321 e. The lowest BCUT2D eigenvalue weighted by Gasteiger charge is -2.23. The highest BCUT2D eigenvalue weighted by Crippen LogP contribution is 2.45. The second-order valence-electron chi connectivity index (χ2n) is 4.55. The van der Waals surface area contributed by atoms with Gasteiger partial charge in [0.1, 0.15) is 0 Å². The van der Waals surface area contributed by atoms with Gasteiger partial charge in [0.25, 0.3) is 0 Å². The molecule has 0 aromatic heterocycles. The Morgan fingerprint density at radius 2 is 0.667 bits per heavy atom.